The second-order valence-corrected chi connectivity index (χ2v) is 4.92. The van der Waals surface area contributed by atoms with Crippen molar-refractivity contribution < 1.29 is 33.4 Å². The van der Waals surface area contributed by atoms with Gasteiger partial charge in [0.1, 0.15) is 29.1 Å². The smallest absolute Gasteiger partial charge is 0.347 e. The number of hydrogen-bond donors (Lipinski definition) is 0. The molecule has 2 aromatic carbocycles. The molecule has 0 saturated heterocycles. The summed E-state index contributed by atoms with van der Waals surface area (Å²) < 4.78 is 15.1. The highest BCUT2D eigenvalue weighted by molar-refractivity contribution is 5.95. The third-order valence-electron chi connectivity index (χ3n) is 2.91. The molecule has 2 aromatic rings. The number of carbonyl (C=O) groups excluding carboxylic acids is 4. The van der Waals surface area contributed by atoms with E-state index < -0.39 is 17.9 Å². The van der Waals surface area contributed by atoms with E-state index in [-0.39, 0.29) is 22.8 Å². The predicted molar refractivity (Wildman–Crippen MR) is 85.8 cm³/mol. The third-order valence-corrected chi connectivity index (χ3v) is 2.91. The maximum Gasteiger partial charge on any atom is 0.347 e. The van der Waals surface area contributed by atoms with Crippen molar-refractivity contribution >= 4 is 24.2 Å². The van der Waals surface area contributed by atoms with Crippen LogP contribution in [0.25, 0.3) is 0 Å². The van der Waals surface area contributed by atoms with Crippen LogP contribution in [-0.2, 0) is 9.59 Å². The third kappa shape index (κ3) is 5.00. The van der Waals surface area contributed by atoms with Gasteiger partial charge in [-0.05, 0) is 36.4 Å². The standard InChI is InChI=1S/C18H14O7/c1-11(20)23-15-7-8-16(17(9-15)24-12(2)21)18(22)25-14-5-3-13(10-19)4-6-14/h3-10H,1-2H3. The lowest BCUT2D eigenvalue weighted by molar-refractivity contribution is -0.132. The molecule has 128 valence electrons. The Labute approximate surface area is 143 Å². The quantitative estimate of drug-likeness (QED) is 0.468. The van der Waals surface area contributed by atoms with Gasteiger partial charge in [0.25, 0.3) is 0 Å². The van der Waals surface area contributed by atoms with Gasteiger partial charge in [0.15, 0.2) is 0 Å². The summed E-state index contributed by atoms with van der Waals surface area (Å²) in [5.41, 5.74) is 0.414. The first-order chi connectivity index (χ1) is 11.9. The van der Waals surface area contributed by atoms with Gasteiger partial charge in [-0.1, -0.05) is 0 Å². The van der Waals surface area contributed by atoms with Gasteiger partial charge in [-0.15, -0.1) is 0 Å². The Bertz CT molecular complexity index is 822. The fraction of sp³-hybridized carbons (Fsp3) is 0.111. The highest BCUT2D eigenvalue weighted by Gasteiger charge is 2.18. The molecule has 0 saturated carbocycles. The van der Waals surface area contributed by atoms with Gasteiger partial charge in [0, 0.05) is 25.5 Å². The van der Waals surface area contributed by atoms with Crippen molar-refractivity contribution in [2.24, 2.45) is 0 Å². The van der Waals surface area contributed by atoms with E-state index in [4.69, 9.17) is 14.2 Å². The molecular weight excluding hydrogens is 328 g/mol. The molecule has 7 heteroatoms. The monoisotopic (exact) mass is 342 g/mol. The van der Waals surface area contributed by atoms with Crippen molar-refractivity contribution in [3.8, 4) is 17.2 Å². The van der Waals surface area contributed by atoms with Crippen LogP contribution in [0.1, 0.15) is 34.6 Å². The van der Waals surface area contributed by atoms with Crippen molar-refractivity contribution in [2.45, 2.75) is 13.8 Å². The molecule has 0 radical (unpaired) electrons. The second-order valence-electron chi connectivity index (χ2n) is 4.92. The topological polar surface area (TPSA) is 96.0 Å². The maximum atomic E-state index is 12.3. The number of carbonyl (C=O) groups is 4. The summed E-state index contributed by atoms with van der Waals surface area (Å²) in [6, 6.07) is 9.84. The van der Waals surface area contributed by atoms with E-state index in [2.05, 4.69) is 0 Å². The number of benzene rings is 2. The second kappa shape index (κ2) is 7.87. The van der Waals surface area contributed by atoms with Crippen LogP contribution < -0.4 is 14.2 Å². The summed E-state index contributed by atoms with van der Waals surface area (Å²) >= 11 is 0. The Kier molecular flexibility index (Phi) is 5.62. The Balaban J connectivity index is 2.27. The van der Waals surface area contributed by atoms with Gasteiger partial charge in [-0.3, -0.25) is 14.4 Å². The van der Waals surface area contributed by atoms with Crippen molar-refractivity contribution in [2.75, 3.05) is 0 Å². The fourth-order valence-electron chi connectivity index (χ4n) is 1.92. The molecule has 0 amide bonds. The van der Waals surface area contributed by atoms with E-state index in [1.807, 2.05) is 0 Å². The van der Waals surface area contributed by atoms with E-state index in [1.54, 1.807) is 0 Å². The highest BCUT2D eigenvalue weighted by Crippen LogP contribution is 2.27. The summed E-state index contributed by atoms with van der Waals surface area (Å²) in [6.45, 7) is 2.39. The average Bonchev–Trinajstić information content (AvgIpc) is 2.54. The average molecular weight is 342 g/mol. The molecule has 7 nitrogen and oxygen atoms in total. The van der Waals surface area contributed by atoms with Crippen molar-refractivity contribution in [3.05, 3.63) is 53.6 Å². The van der Waals surface area contributed by atoms with Crippen LogP contribution in [-0.4, -0.2) is 24.2 Å². The molecule has 0 fully saturated rings. The molecule has 0 aliphatic rings. The lowest BCUT2D eigenvalue weighted by atomic mass is 10.2. The van der Waals surface area contributed by atoms with Crippen LogP contribution >= 0.6 is 0 Å². The van der Waals surface area contributed by atoms with E-state index >= 15 is 0 Å². The van der Waals surface area contributed by atoms with Crippen LogP contribution in [0.4, 0.5) is 0 Å². The van der Waals surface area contributed by atoms with Crippen molar-refractivity contribution in [1.29, 1.82) is 0 Å². The van der Waals surface area contributed by atoms with Crippen molar-refractivity contribution in [1.82, 2.24) is 0 Å². The summed E-state index contributed by atoms with van der Waals surface area (Å²) in [5, 5.41) is 0. The molecular formula is C18H14O7. The first-order valence-electron chi connectivity index (χ1n) is 7.17. The Morgan fingerprint density at radius 3 is 1.96 bits per heavy atom. The number of rotatable bonds is 5. The summed E-state index contributed by atoms with van der Waals surface area (Å²) in [7, 11) is 0. The molecule has 0 bridgehead atoms. The summed E-state index contributed by atoms with van der Waals surface area (Å²) in [6.07, 6.45) is 0.665. The maximum absolute atomic E-state index is 12.3. The molecule has 0 aliphatic carbocycles. The first kappa shape index (κ1) is 17.9. The lowest BCUT2D eigenvalue weighted by Gasteiger charge is -2.11. The lowest BCUT2D eigenvalue weighted by Crippen LogP contribution is -2.13. The van der Waals surface area contributed by atoms with Gasteiger partial charge in [0.2, 0.25) is 0 Å². The van der Waals surface area contributed by atoms with E-state index in [9.17, 15) is 19.2 Å². The van der Waals surface area contributed by atoms with E-state index in [0.29, 0.717) is 11.8 Å². The van der Waals surface area contributed by atoms with Crippen molar-refractivity contribution in [3.63, 3.8) is 0 Å². The zero-order valence-corrected chi connectivity index (χ0v) is 13.5. The SMILES string of the molecule is CC(=O)Oc1ccc(C(=O)Oc2ccc(C=O)cc2)c(OC(C)=O)c1. The number of aldehydes is 1. The van der Waals surface area contributed by atoms with Crippen LogP contribution in [0, 0.1) is 0 Å². The number of hydrogen-bond acceptors (Lipinski definition) is 7. The van der Waals surface area contributed by atoms with Crippen LogP contribution in [0.15, 0.2) is 42.5 Å². The molecule has 0 aliphatic heterocycles. The molecule has 2 rings (SSSR count). The molecule has 0 unspecified atom stereocenters. The normalized spacial score (nSPS) is 9.84. The molecule has 0 spiro atoms. The van der Waals surface area contributed by atoms with E-state index in [1.165, 1.54) is 56.3 Å². The predicted octanol–water partition coefficient (Wildman–Crippen LogP) is 2.57. The molecule has 0 N–H and O–H groups in total. The van der Waals surface area contributed by atoms with Gasteiger partial charge in [-0.2, -0.15) is 0 Å². The van der Waals surface area contributed by atoms with Crippen LogP contribution in [0.5, 0.6) is 17.2 Å². The Morgan fingerprint density at radius 2 is 1.40 bits per heavy atom. The minimum Gasteiger partial charge on any atom is -0.427 e. The molecule has 25 heavy (non-hydrogen) atoms. The largest absolute Gasteiger partial charge is 0.427 e. The van der Waals surface area contributed by atoms with Crippen LogP contribution in [0.3, 0.4) is 0 Å². The first-order valence-corrected chi connectivity index (χ1v) is 7.17. The Hall–Kier alpha value is -3.48. The van der Waals surface area contributed by atoms with E-state index in [0.717, 1.165) is 0 Å². The zero-order valence-electron chi connectivity index (χ0n) is 13.5. The van der Waals surface area contributed by atoms with Gasteiger partial charge in [0.05, 0.1) is 0 Å². The summed E-state index contributed by atoms with van der Waals surface area (Å²) in [5.74, 6) is -1.74. The Morgan fingerprint density at radius 1 is 0.800 bits per heavy atom. The minimum atomic E-state index is -0.774. The van der Waals surface area contributed by atoms with Crippen LogP contribution in [0.2, 0.25) is 0 Å². The van der Waals surface area contributed by atoms with Gasteiger partial charge >= 0.3 is 17.9 Å². The number of esters is 3. The minimum absolute atomic E-state index is 0.0226. The molecule has 0 aromatic heterocycles. The van der Waals surface area contributed by atoms with Gasteiger partial charge in [-0.25, -0.2) is 4.79 Å². The highest BCUT2D eigenvalue weighted by atomic mass is 16.6. The summed E-state index contributed by atoms with van der Waals surface area (Å²) in [4.78, 5) is 45.2. The molecule has 0 atom stereocenters. The molecule has 0 heterocycles. The number of ether oxygens (including phenoxy) is 3. The van der Waals surface area contributed by atoms with Gasteiger partial charge < -0.3 is 14.2 Å². The fourth-order valence-corrected chi connectivity index (χ4v) is 1.92. The zero-order chi connectivity index (χ0) is 18.4.